The Morgan fingerprint density at radius 2 is 1.85 bits per heavy atom. The van der Waals surface area contributed by atoms with E-state index >= 15 is 0 Å². The van der Waals surface area contributed by atoms with Gasteiger partial charge in [0.1, 0.15) is 5.75 Å². The van der Waals surface area contributed by atoms with Crippen LogP contribution in [0, 0.1) is 0 Å². The van der Waals surface area contributed by atoms with Gasteiger partial charge in [-0.25, -0.2) is 0 Å². The average Bonchev–Trinajstić information content (AvgIpc) is 3.01. The lowest BCUT2D eigenvalue weighted by Gasteiger charge is -2.46. The molecular formula is C30H27NO2. The maximum Gasteiger partial charge on any atom is 0.211 e. The highest BCUT2D eigenvalue weighted by atomic mass is 16.5. The lowest BCUT2D eigenvalue weighted by molar-refractivity contribution is 0.0598. The predicted molar refractivity (Wildman–Crippen MR) is 135 cm³/mol. The van der Waals surface area contributed by atoms with Crippen LogP contribution in [0.4, 0.5) is 5.69 Å². The van der Waals surface area contributed by atoms with Gasteiger partial charge in [-0.3, -0.25) is 4.79 Å². The highest BCUT2D eigenvalue weighted by molar-refractivity contribution is 6.11. The summed E-state index contributed by atoms with van der Waals surface area (Å²) in [7, 11) is 2.09. The summed E-state index contributed by atoms with van der Waals surface area (Å²) >= 11 is 0. The Balaban J connectivity index is 1.46. The van der Waals surface area contributed by atoms with Crippen LogP contribution in [-0.2, 0) is 5.41 Å². The second-order valence-electron chi connectivity index (χ2n) is 9.72. The third-order valence-electron chi connectivity index (χ3n) is 7.60. The number of anilines is 1. The molecule has 33 heavy (non-hydrogen) atoms. The molecule has 1 spiro atoms. The number of likely N-dealkylation sites (N-methyl/N-ethyl adjacent to an activating group) is 1. The van der Waals surface area contributed by atoms with E-state index in [1.54, 1.807) is 0 Å². The van der Waals surface area contributed by atoms with E-state index < -0.39 is 5.72 Å². The number of Topliss-reactive ketones (excluding diaryl/α,β-unsaturated/α-hetero) is 1. The minimum atomic E-state index is -0.682. The van der Waals surface area contributed by atoms with Crippen molar-refractivity contribution in [3.05, 3.63) is 101 Å². The molecule has 0 bridgehead atoms. The summed E-state index contributed by atoms with van der Waals surface area (Å²) in [6.45, 7) is 4.42. The van der Waals surface area contributed by atoms with Crippen molar-refractivity contribution in [1.29, 1.82) is 0 Å². The van der Waals surface area contributed by atoms with Gasteiger partial charge in [0.15, 0.2) is 5.78 Å². The van der Waals surface area contributed by atoms with Crippen LogP contribution in [-0.4, -0.2) is 18.6 Å². The summed E-state index contributed by atoms with van der Waals surface area (Å²) in [5.74, 6) is 1.00. The maximum absolute atomic E-state index is 13.2. The van der Waals surface area contributed by atoms with E-state index in [0.717, 1.165) is 51.9 Å². The molecular weight excluding hydrogens is 406 g/mol. The fraction of sp³-hybridized carbons (Fsp3) is 0.233. The lowest BCUT2D eigenvalue weighted by Crippen LogP contribution is -2.58. The monoisotopic (exact) mass is 433 g/mol. The zero-order valence-electron chi connectivity index (χ0n) is 19.3. The van der Waals surface area contributed by atoms with Crippen LogP contribution < -0.4 is 9.64 Å². The molecule has 164 valence electrons. The fourth-order valence-electron chi connectivity index (χ4n) is 5.62. The van der Waals surface area contributed by atoms with E-state index in [2.05, 4.69) is 92.6 Å². The van der Waals surface area contributed by atoms with Gasteiger partial charge in [0, 0.05) is 34.8 Å². The molecule has 2 aliphatic heterocycles. The Kier molecular flexibility index (Phi) is 4.22. The van der Waals surface area contributed by atoms with Crippen molar-refractivity contribution in [2.24, 2.45) is 0 Å². The molecule has 0 fully saturated rings. The molecule has 3 heteroatoms. The molecule has 1 unspecified atom stereocenters. The quantitative estimate of drug-likeness (QED) is 0.415. The minimum absolute atomic E-state index is 0.0876. The van der Waals surface area contributed by atoms with Gasteiger partial charge in [-0.1, -0.05) is 54.6 Å². The molecule has 1 atom stereocenters. The van der Waals surface area contributed by atoms with Crippen LogP contribution in [0.5, 0.6) is 5.75 Å². The van der Waals surface area contributed by atoms with Gasteiger partial charge in [-0.15, -0.1) is 0 Å². The van der Waals surface area contributed by atoms with Crippen LogP contribution in [0.15, 0.2) is 84.5 Å². The van der Waals surface area contributed by atoms with Crippen molar-refractivity contribution < 1.29 is 9.53 Å². The molecule has 3 nitrogen and oxygen atoms in total. The van der Waals surface area contributed by atoms with Gasteiger partial charge >= 0.3 is 0 Å². The molecule has 1 aliphatic carbocycles. The van der Waals surface area contributed by atoms with E-state index in [4.69, 9.17) is 4.74 Å². The van der Waals surface area contributed by atoms with E-state index in [1.165, 1.54) is 5.39 Å². The van der Waals surface area contributed by atoms with Gasteiger partial charge in [0.2, 0.25) is 5.72 Å². The smallest absolute Gasteiger partial charge is 0.211 e. The largest absolute Gasteiger partial charge is 0.462 e. The number of hydrogen-bond donors (Lipinski definition) is 0. The molecule has 0 saturated heterocycles. The first kappa shape index (κ1) is 20.0. The van der Waals surface area contributed by atoms with Crippen LogP contribution in [0.25, 0.3) is 16.8 Å². The molecule has 0 amide bonds. The van der Waals surface area contributed by atoms with Crippen LogP contribution in [0.1, 0.15) is 48.2 Å². The van der Waals surface area contributed by atoms with Crippen molar-refractivity contribution in [2.75, 3.05) is 11.9 Å². The second kappa shape index (κ2) is 6.95. The SMILES string of the molecule is CN1c2ccc(C(=O)C3=CCCC=C3)cc2C(C)(C)C12C=Cc1ccc3ccccc3c1O2. The van der Waals surface area contributed by atoms with Crippen molar-refractivity contribution in [3.63, 3.8) is 0 Å². The highest BCUT2D eigenvalue weighted by Gasteiger charge is 2.57. The van der Waals surface area contributed by atoms with Crippen molar-refractivity contribution >= 4 is 28.3 Å². The number of ether oxygens (including phenoxy) is 1. The van der Waals surface area contributed by atoms with Gasteiger partial charge in [0.05, 0.1) is 5.41 Å². The number of benzene rings is 3. The number of rotatable bonds is 2. The van der Waals surface area contributed by atoms with E-state index in [1.807, 2.05) is 18.2 Å². The molecule has 0 saturated carbocycles. The number of hydrogen-bond acceptors (Lipinski definition) is 3. The summed E-state index contributed by atoms with van der Waals surface area (Å²) in [6, 6.07) is 18.7. The van der Waals surface area contributed by atoms with Crippen molar-refractivity contribution in [2.45, 2.75) is 37.8 Å². The Morgan fingerprint density at radius 3 is 2.67 bits per heavy atom. The third-order valence-corrected chi connectivity index (χ3v) is 7.60. The van der Waals surface area contributed by atoms with Crippen LogP contribution >= 0.6 is 0 Å². The maximum atomic E-state index is 13.2. The third kappa shape index (κ3) is 2.72. The Bertz CT molecular complexity index is 1410. The number of fused-ring (bicyclic) bond motifs is 4. The Labute approximate surface area is 194 Å². The van der Waals surface area contributed by atoms with Crippen molar-refractivity contribution in [3.8, 4) is 5.75 Å². The number of carbonyl (C=O) groups excluding carboxylic acids is 1. The predicted octanol–water partition coefficient (Wildman–Crippen LogP) is 6.83. The summed E-state index contributed by atoms with van der Waals surface area (Å²) < 4.78 is 6.95. The molecule has 3 aliphatic rings. The lowest BCUT2D eigenvalue weighted by atomic mass is 9.75. The molecule has 3 aromatic carbocycles. The molecule has 0 aromatic heterocycles. The van der Waals surface area contributed by atoms with Crippen molar-refractivity contribution in [1.82, 2.24) is 0 Å². The van der Waals surface area contributed by atoms with Gasteiger partial charge in [-0.2, -0.15) is 0 Å². The summed E-state index contributed by atoms with van der Waals surface area (Å²) in [5, 5.41) is 2.28. The molecule has 0 N–H and O–H groups in total. The van der Waals surface area contributed by atoms with E-state index in [-0.39, 0.29) is 11.2 Å². The minimum Gasteiger partial charge on any atom is -0.462 e. The zero-order chi connectivity index (χ0) is 22.8. The normalized spacial score (nSPS) is 22.2. The number of carbonyl (C=O) groups is 1. The molecule has 0 radical (unpaired) electrons. The number of nitrogens with zero attached hydrogens (tertiary/aromatic N) is 1. The Hall–Kier alpha value is -3.59. The summed E-state index contributed by atoms with van der Waals surface area (Å²) in [4.78, 5) is 15.4. The van der Waals surface area contributed by atoms with Crippen LogP contribution in [0.2, 0.25) is 0 Å². The topological polar surface area (TPSA) is 29.5 Å². The number of ketones is 1. The first-order chi connectivity index (χ1) is 15.9. The molecule has 3 aromatic rings. The fourth-order valence-corrected chi connectivity index (χ4v) is 5.62. The van der Waals surface area contributed by atoms with E-state index in [0.29, 0.717) is 0 Å². The zero-order valence-corrected chi connectivity index (χ0v) is 19.3. The highest BCUT2D eigenvalue weighted by Crippen LogP contribution is 2.55. The van der Waals surface area contributed by atoms with Gasteiger partial charge in [-0.05, 0) is 68.0 Å². The summed E-state index contributed by atoms with van der Waals surface area (Å²) in [5.41, 5.74) is 3.77. The van der Waals surface area contributed by atoms with Gasteiger partial charge < -0.3 is 9.64 Å². The Morgan fingerprint density at radius 1 is 1.00 bits per heavy atom. The summed E-state index contributed by atoms with van der Waals surface area (Å²) in [6.07, 6.45) is 12.4. The first-order valence-electron chi connectivity index (χ1n) is 11.6. The number of allylic oxidation sites excluding steroid dienone is 4. The second-order valence-corrected chi connectivity index (χ2v) is 9.72. The first-order valence-corrected chi connectivity index (χ1v) is 11.6. The van der Waals surface area contributed by atoms with Crippen LogP contribution in [0.3, 0.4) is 0 Å². The van der Waals surface area contributed by atoms with E-state index in [9.17, 15) is 4.79 Å². The average molecular weight is 434 g/mol. The molecule has 2 heterocycles. The molecule has 6 rings (SSSR count). The van der Waals surface area contributed by atoms with Gasteiger partial charge in [0.25, 0.3) is 0 Å². The standard InChI is InChI=1S/C30H27NO2/c1-29(2)25-19-23(27(32)21-10-5-4-6-11-21)15-16-26(25)31(3)30(29)18-17-22-14-13-20-9-7-8-12-24(20)28(22)33-30/h5,7-19H,4,6H2,1-3H3.